The molecule has 1 heterocycles. The van der Waals surface area contributed by atoms with Crippen molar-refractivity contribution in [3.63, 3.8) is 0 Å². The van der Waals surface area contributed by atoms with Gasteiger partial charge in [0, 0.05) is 19.0 Å². The van der Waals surface area contributed by atoms with E-state index in [9.17, 15) is 9.59 Å². The summed E-state index contributed by atoms with van der Waals surface area (Å²) >= 11 is 0. The van der Waals surface area contributed by atoms with Crippen LogP contribution in [0.1, 0.15) is 49.0 Å². The van der Waals surface area contributed by atoms with Gasteiger partial charge >= 0.3 is 5.97 Å². The van der Waals surface area contributed by atoms with Gasteiger partial charge in [-0.05, 0) is 43.7 Å². The van der Waals surface area contributed by atoms with Crippen LogP contribution in [0.15, 0.2) is 24.3 Å². The second kappa shape index (κ2) is 6.74. The van der Waals surface area contributed by atoms with Gasteiger partial charge < -0.3 is 10.0 Å². The van der Waals surface area contributed by atoms with E-state index in [-0.39, 0.29) is 11.9 Å². The molecule has 4 heteroatoms. The molecule has 21 heavy (non-hydrogen) atoms. The fourth-order valence-electron chi connectivity index (χ4n) is 3.02. The summed E-state index contributed by atoms with van der Waals surface area (Å²) in [6.07, 6.45) is 3.09. The smallest absolute Gasteiger partial charge is 0.335 e. The molecule has 0 saturated carbocycles. The number of nitrogens with zero attached hydrogens (tertiary/aromatic N) is 1. The van der Waals surface area contributed by atoms with E-state index in [2.05, 4.69) is 13.8 Å². The van der Waals surface area contributed by atoms with E-state index >= 15 is 0 Å². The van der Waals surface area contributed by atoms with E-state index < -0.39 is 5.97 Å². The van der Waals surface area contributed by atoms with E-state index in [0.717, 1.165) is 18.5 Å². The molecule has 1 aromatic rings. The Morgan fingerprint density at radius 2 is 2.00 bits per heavy atom. The highest BCUT2D eigenvalue weighted by Gasteiger charge is 2.28. The molecule has 1 fully saturated rings. The quantitative estimate of drug-likeness (QED) is 0.927. The van der Waals surface area contributed by atoms with Gasteiger partial charge in [0.1, 0.15) is 0 Å². The molecule has 1 aliphatic rings. The number of carbonyl (C=O) groups is 2. The molecule has 0 bridgehead atoms. The minimum absolute atomic E-state index is 0.134. The minimum Gasteiger partial charge on any atom is -0.478 e. The van der Waals surface area contributed by atoms with Crippen molar-refractivity contribution in [2.45, 2.75) is 45.6 Å². The largest absolute Gasteiger partial charge is 0.478 e. The molecule has 2 atom stereocenters. The van der Waals surface area contributed by atoms with Gasteiger partial charge in [0.2, 0.25) is 5.91 Å². The Bertz CT molecular complexity index is 527. The van der Waals surface area contributed by atoms with Crippen LogP contribution in [-0.4, -0.2) is 34.5 Å². The summed E-state index contributed by atoms with van der Waals surface area (Å²) in [4.78, 5) is 25.5. The number of benzene rings is 1. The van der Waals surface area contributed by atoms with E-state index in [4.69, 9.17) is 5.11 Å². The number of carbonyl (C=O) groups excluding carboxylic acids is 1. The maximum atomic E-state index is 12.4. The Morgan fingerprint density at radius 1 is 1.29 bits per heavy atom. The van der Waals surface area contributed by atoms with Crippen LogP contribution >= 0.6 is 0 Å². The zero-order valence-corrected chi connectivity index (χ0v) is 12.7. The first-order chi connectivity index (χ1) is 10.0. The number of rotatable bonds is 4. The van der Waals surface area contributed by atoms with Gasteiger partial charge in [-0.15, -0.1) is 0 Å². The minimum atomic E-state index is -0.932. The molecule has 0 aromatic heterocycles. The first-order valence-corrected chi connectivity index (χ1v) is 7.61. The van der Waals surface area contributed by atoms with Crippen LogP contribution in [0.5, 0.6) is 0 Å². The molecule has 1 amide bonds. The number of piperidine rings is 1. The molecule has 0 radical (unpaired) electrons. The molecule has 1 aromatic carbocycles. The third-order valence-corrected chi connectivity index (χ3v) is 4.55. The topological polar surface area (TPSA) is 57.6 Å². The van der Waals surface area contributed by atoms with Crippen molar-refractivity contribution in [2.24, 2.45) is 5.92 Å². The van der Waals surface area contributed by atoms with Gasteiger partial charge in [-0.25, -0.2) is 4.79 Å². The number of likely N-dealkylation sites (tertiary alicyclic amines) is 1. The monoisotopic (exact) mass is 289 g/mol. The van der Waals surface area contributed by atoms with Gasteiger partial charge in [0.05, 0.1) is 5.56 Å². The molecular weight excluding hydrogens is 266 g/mol. The number of carboxylic acids is 1. The van der Waals surface area contributed by atoms with Crippen molar-refractivity contribution < 1.29 is 14.7 Å². The Kier molecular flexibility index (Phi) is 4.99. The molecule has 0 spiro atoms. The summed E-state index contributed by atoms with van der Waals surface area (Å²) in [6, 6.07) is 7.19. The predicted octanol–water partition coefficient (Wildman–Crippen LogP) is 2.96. The van der Waals surface area contributed by atoms with Gasteiger partial charge in [-0.3, -0.25) is 4.79 Å². The second-order valence-corrected chi connectivity index (χ2v) is 5.91. The maximum absolute atomic E-state index is 12.4. The number of hydrogen-bond donors (Lipinski definition) is 1. The number of amides is 1. The Hall–Kier alpha value is -1.84. The molecule has 0 aliphatic carbocycles. The molecule has 1 N–H and O–H groups in total. The third-order valence-electron chi connectivity index (χ3n) is 4.55. The fraction of sp³-hybridized carbons (Fsp3) is 0.529. The zero-order valence-electron chi connectivity index (χ0n) is 12.7. The lowest BCUT2D eigenvalue weighted by Crippen LogP contribution is -2.46. The van der Waals surface area contributed by atoms with Gasteiger partial charge in [-0.2, -0.15) is 0 Å². The fourth-order valence-corrected chi connectivity index (χ4v) is 3.02. The predicted molar refractivity (Wildman–Crippen MR) is 81.3 cm³/mol. The first-order valence-electron chi connectivity index (χ1n) is 7.61. The third kappa shape index (κ3) is 3.63. The number of hydrogen-bond acceptors (Lipinski definition) is 2. The molecule has 2 rings (SSSR count). The highest BCUT2D eigenvalue weighted by Crippen LogP contribution is 2.24. The lowest BCUT2D eigenvalue weighted by molar-refractivity contribution is -0.135. The highest BCUT2D eigenvalue weighted by molar-refractivity contribution is 5.89. The Balaban J connectivity index is 2.00. The summed E-state index contributed by atoms with van der Waals surface area (Å²) in [5.74, 6) is -0.263. The van der Waals surface area contributed by atoms with Crippen molar-refractivity contribution in [3.05, 3.63) is 35.4 Å². The van der Waals surface area contributed by atoms with Crippen molar-refractivity contribution in [3.8, 4) is 0 Å². The normalized spacial score (nSPS) is 22.1. The molecule has 2 unspecified atom stereocenters. The zero-order chi connectivity index (χ0) is 15.4. The highest BCUT2D eigenvalue weighted by atomic mass is 16.4. The van der Waals surface area contributed by atoms with Gasteiger partial charge in [-0.1, -0.05) is 25.1 Å². The standard InChI is InChI=1S/C17H23NO3/c1-12-6-5-11-18(13(12)2)16(19)10-9-14-7-3-4-8-15(14)17(20)21/h3-4,7-8,12-13H,5-6,9-11H2,1-2H3,(H,20,21). The molecule has 4 nitrogen and oxygen atoms in total. The molecule has 114 valence electrons. The van der Waals surface area contributed by atoms with Crippen LogP contribution in [0.25, 0.3) is 0 Å². The first kappa shape index (κ1) is 15.5. The second-order valence-electron chi connectivity index (χ2n) is 5.91. The van der Waals surface area contributed by atoms with Crippen LogP contribution < -0.4 is 0 Å². The maximum Gasteiger partial charge on any atom is 0.335 e. The summed E-state index contributed by atoms with van der Waals surface area (Å²) in [7, 11) is 0. The molecular formula is C17H23NO3. The lowest BCUT2D eigenvalue weighted by atomic mass is 9.91. The van der Waals surface area contributed by atoms with Crippen molar-refractivity contribution in [1.29, 1.82) is 0 Å². The number of aryl methyl sites for hydroxylation is 1. The van der Waals surface area contributed by atoms with Crippen LogP contribution in [-0.2, 0) is 11.2 Å². The van der Waals surface area contributed by atoms with E-state index in [0.29, 0.717) is 24.3 Å². The average Bonchev–Trinajstić information content (AvgIpc) is 2.47. The number of carboxylic acid groups (broad SMARTS) is 1. The van der Waals surface area contributed by atoms with E-state index in [1.165, 1.54) is 6.42 Å². The summed E-state index contributed by atoms with van der Waals surface area (Å²) in [5.41, 5.74) is 1.03. The van der Waals surface area contributed by atoms with Crippen molar-refractivity contribution in [1.82, 2.24) is 4.90 Å². The van der Waals surface area contributed by atoms with E-state index in [1.807, 2.05) is 11.0 Å². The van der Waals surface area contributed by atoms with Crippen LogP contribution in [0.3, 0.4) is 0 Å². The van der Waals surface area contributed by atoms with Crippen molar-refractivity contribution in [2.75, 3.05) is 6.54 Å². The lowest BCUT2D eigenvalue weighted by Gasteiger charge is -2.38. The van der Waals surface area contributed by atoms with Crippen molar-refractivity contribution >= 4 is 11.9 Å². The summed E-state index contributed by atoms with van der Waals surface area (Å²) in [6.45, 7) is 5.11. The van der Waals surface area contributed by atoms with Gasteiger partial charge in [0.15, 0.2) is 0 Å². The van der Waals surface area contributed by atoms with Crippen LogP contribution in [0, 0.1) is 5.92 Å². The van der Waals surface area contributed by atoms with Crippen LogP contribution in [0.2, 0.25) is 0 Å². The molecule has 1 aliphatic heterocycles. The average molecular weight is 289 g/mol. The molecule has 1 saturated heterocycles. The SMILES string of the molecule is CC1CCCN(C(=O)CCc2ccccc2C(=O)O)C1C. The Labute approximate surface area is 125 Å². The number of aromatic carboxylic acids is 1. The van der Waals surface area contributed by atoms with Crippen LogP contribution in [0.4, 0.5) is 0 Å². The Morgan fingerprint density at radius 3 is 2.71 bits per heavy atom. The van der Waals surface area contributed by atoms with Gasteiger partial charge in [0.25, 0.3) is 0 Å². The summed E-state index contributed by atoms with van der Waals surface area (Å²) < 4.78 is 0. The summed E-state index contributed by atoms with van der Waals surface area (Å²) in [5, 5.41) is 9.16. The van der Waals surface area contributed by atoms with E-state index in [1.54, 1.807) is 18.2 Å².